The van der Waals surface area contributed by atoms with Crippen molar-refractivity contribution < 1.29 is 18.7 Å². The van der Waals surface area contributed by atoms with Crippen LogP contribution < -0.4 is 5.32 Å². The molecule has 5 nitrogen and oxygen atoms in total. The molecule has 3 aromatic rings. The molecular weight excluding hydrogens is 359 g/mol. The number of H-pyrrole nitrogens is 1. The summed E-state index contributed by atoms with van der Waals surface area (Å²) in [5.41, 5.74) is 2.86. The van der Waals surface area contributed by atoms with Crippen LogP contribution in [0.2, 0.25) is 0 Å². The van der Waals surface area contributed by atoms with Crippen molar-refractivity contribution in [3.05, 3.63) is 71.7 Å². The molecule has 1 fully saturated rings. The number of benzene rings is 2. The minimum absolute atomic E-state index is 0.0620. The maximum absolute atomic E-state index is 13.1. The van der Waals surface area contributed by atoms with E-state index in [0.29, 0.717) is 12.8 Å². The number of carbonyl (C=O) groups excluding carboxylic acids is 2. The van der Waals surface area contributed by atoms with E-state index in [1.807, 2.05) is 30.5 Å². The van der Waals surface area contributed by atoms with Crippen LogP contribution in [0.1, 0.15) is 23.5 Å². The van der Waals surface area contributed by atoms with Gasteiger partial charge in [0.25, 0.3) is 0 Å². The van der Waals surface area contributed by atoms with Crippen molar-refractivity contribution in [3.8, 4) is 0 Å². The van der Waals surface area contributed by atoms with Gasteiger partial charge >= 0.3 is 5.97 Å². The molecule has 1 heterocycles. The Balaban J connectivity index is 1.46. The van der Waals surface area contributed by atoms with Gasteiger partial charge in [0, 0.05) is 29.4 Å². The van der Waals surface area contributed by atoms with Crippen molar-refractivity contribution in [2.24, 2.45) is 5.92 Å². The second-order valence-corrected chi connectivity index (χ2v) is 7.15. The second kappa shape index (κ2) is 7.46. The minimum Gasteiger partial charge on any atom is -0.467 e. The molecule has 2 N–H and O–H groups in total. The van der Waals surface area contributed by atoms with E-state index in [1.54, 1.807) is 12.1 Å². The van der Waals surface area contributed by atoms with Gasteiger partial charge in [-0.25, -0.2) is 9.18 Å². The quantitative estimate of drug-likeness (QED) is 0.645. The topological polar surface area (TPSA) is 71.2 Å². The van der Waals surface area contributed by atoms with Gasteiger partial charge in [-0.3, -0.25) is 4.79 Å². The van der Waals surface area contributed by atoms with E-state index < -0.39 is 12.0 Å². The lowest BCUT2D eigenvalue weighted by atomic mass is 10.0. The zero-order valence-corrected chi connectivity index (χ0v) is 15.4. The lowest BCUT2D eigenvalue weighted by Crippen LogP contribution is -2.43. The first kappa shape index (κ1) is 18.2. The van der Waals surface area contributed by atoms with Crippen molar-refractivity contribution in [1.29, 1.82) is 0 Å². The number of halogens is 1. The van der Waals surface area contributed by atoms with Gasteiger partial charge in [0.2, 0.25) is 5.91 Å². The fourth-order valence-electron chi connectivity index (χ4n) is 3.70. The summed E-state index contributed by atoms with van der Waals surface area (Å²) in [6.45, 7) is 0. The van der Waals surface area contributed by atoms with E-state index in [9.17, 15) is 14.0 Å². The molecule has 1 saturated carbocycles. The number of methoxy groups -OCH3 is 1. The molecule has 6 heteroatoms. The van der Waals surface area contributed by atoms with E-state index in [-0.39, 0.29) is 23.6 Å². The predicted molar refractivity (Wildman–Crippen MR) is 103 cm³/mol. The molecule has 144 valence electrons. The van der Waals surface area contributed by atoms with Gasteiger partial charge < -0.3 is 15.0 Å². The summed E-state index contributed by atoms with van der Waals surface area (Å²) < 4.78 is 18.0. The van der Waals surface area contributed by atoms with Crippen LogP contribution in [0.25, 0.3) is 10.9 Å². The van der Waals surface area contributed by atoms with E-state index in [0.717, 1.165) is 22.0 Å². The molecule has 1 amide bonds. The van der Waals surface area contributed by atoms with Crippen molar-refractivity contribution >= 4 is 22.8 Å². The van der Waals surface area contributed by atoms with Gasteiger partial charge in [-0.1, -0.05) is 30.3 Å². The summed E-state index contributed by atoms with van der Waals surface area (Å²) in [5, 5.41) is 3.86. The molecule has 3 unspecified atom stereocenters. The molecule has 0 bridgehead atoms. The number of amides is 1. The summed E-state index contributed by atoms with van der Waals surface area (Å²) in [4.78, 5) is 28.1. The van der Waals surface area contributed by atoms with Crippen LogP contribution in [-0.2, 0) is 20.7 Å². The number of hydrogen-bond donors (Lipinski definition) is 2. The Morgan fingerprint density at radius 1 is 1.21 bits per heavy atom. The largest absolute Gasteiger partial charge is 0.467 e. The molecule has 1 aliphatic rings. The number of aromatic nitrogens is 1. The molecule has 4 rings (SSSR count). The normalized spacial score (nSPS) is 19.2. The minimum atomic E-state index is -0.758. The Hall–Kier alpha value is -3.15. The molecule has 0 spiro atoms. The Morgan fingerprint density at radius 3 is 2.71 bits per heavy atom. The predicted octanol–water partition coefficient (Wildman–Crippen LogP) is 3.31. The number of fused-ring (bicyclic) bond motifs is 1. The first-order valence-corrected chi connectivity index (χ1v) is 9.25. The highest BCUT2D eigenvalue weighted by Gasteiger charge is 2.44. The molecule has 3 atom stereocenters. The number of hydrogen-bond acceptors (Lipinski definition) is 3. The average Bonchev–Trinajstić information content (AvgIpc) is 3.42. The van der Waals surface area contributed by atoms with E-state index in [4.69, 9.17) is 4.74 Å². The first-order chi connectivity index (χ1) is 13.6. The molecule has 0 saturated heterocycles. The number of para-hydroxylation sites is 1. The van der Waals surface area contributed by atoms with Gasteiger partial charge in [0.15, 0.2) is 0 Å². The SMILES string of the molecule is COC(=O)C(Cc1c[nH]c2ccccc12)NC(=O)C1CC1c1ccc(F)cc1. The standard InChI is InChI=1S/C22H21FN2O3/c1-28-22(27)20(10-14-12-24-19-5-3-2-4-16(14)19)25-21(26)18-11-17(18)13-6-8-15(23)9-7-13/h2-9,12,17-18,20,24H,10-11H2,1H3,(H,25,26). The van der Waals surface area contributed by atoms with Gasteiger partial charge in [-0.15, -0.1) is 0 Å². The lowest BCUT2D eigenvalue weighted by molar-refractivity contribution is -0.145. The van der Waals surface area contributed by atoms with Crippen LogP contribution in [-0.4, -0.2) is 30.0 Å². The summed E-state index contributed by atoms with van der Waals surface area (Å²) >= 11 is 0. The molecule has 1 aliphatic carbocycles. The molecule has 2 aromatic carbocycles. The third kappa shape index (κ3) is 3.63. The Bertz CT molecular complexity index is 1010. The molecule has 0 aliphatic heterocycles. The summed E-state index contributed by atoms with van der Waals surface area (Å²) in [5.74, 6) is -1.09. The summed E-state index contributed by atoms with van der Waals surface area (Å²) in [6, 6.07) is 13.3. The molecule has 1 aromatic heterocycles. The molecule has 0 radical (unpaired) electrons. The average molecular weight is 380 g/mol. The zero-order chi connectivity index (χ0) is 19.7. The monoisotopic (exact) mass is 380 g/mol. The third-order valence-corrected chi connectivity index (χ3v) is 5.33. The molecular formula is C22H21FN2O3. The first-order valence-electron chi connectivity index (χ1n) is 9.25. The highest BCUT2D eigenvalue weighted by molar-refractivity contribution is 5.89. The smallest absolute Gasteiger partial charge is 0.328 e. The highest BCUT2D eigenvalue weighted by Crippen LogP contribution is 2.47. The van der Waals surface area contributed by atoms with Gasteiger partial charge in [-0.2, -0.15) is 0 Å². The fourth-order valence-corrected chi connectivity index (χ4v) is 3.70. The van der Waals surface area contributed by atoms with Crippen LogP contribution in [0.15, 0.2) is 54.7 Å². The van der Waals surface area contributed by atoms with E-state index >= 15 is 0 Å². The number of carbonyl (C=O) groups is 2. The summed E-state index contributed by atoms with van der Waals surface area (Å²) in [7, 11) is 1.31. The summed E-state index contributed by atoms with van der Waals surface area (Å²) in [6.07, 6.45) is 2.89. The van der Waals surface area contributed by atoms with Crippen LogP contribution >= 0.6 is 0 Å². The highest BCUT2D eigenvalue weighted by atomic mass is 19.1. The second-order valence-electron chi connectivity index (χ2n) is 7.15. The van der Waals surface area contributed by atoms with Crippen LogP contribution in [0.5, 0.6) is 0 Å². The Morgan fingerprint density at radius 2 is 1.96 bits per heavy atom. The van der Waals surface area contributed by atoms with Crippen LogP contribution in [0.4, 0.5) is 4.39 Å². The van der Waals surface area contributed by atoms with Crippen molar-refractivity contribution in [2.75, 3.05) is 7.11 Å². The van der Waals surface area contributed by atoms with Crippen LogP contribution in [0, 0.1) is 11.7 Å². The third-order valence-electron chi connectivity index (χ3n) is 5.33. The number of ether oxygens (including phenoxy) is 1. The van der Waals surface area contributed by atoms with Crippen molar-refractivity contribution in [3.63, 3.8) is 0 Å². The molecule has 28 heavy (non-hydrogen) atoms. The van der Waals surface area contributed by atoms with E-state index in [1.165, 1.54) is 19.2 Å². The number of nitrogens with one attached hydrogen (secondary N) is 2. The van der Waals surface area contributed by atoms with Gasteiger partial charge in [0.1, 0.15) is 11.9 Å². The lowest BCUT2D eigenvalue weighted by Gasteiger charge is -2.16. The fraction of sp³-hybridized carbons (Fsp3) is 0.273. The zero-order valence-electron chi connectivity index (χ0n) is 15.4. The van der Waals surface area contributed by atoms with E-state index in [2.05, 4.69) is 10.3 Å². The maximum atomic E-state index is 13.1. The number of rotatable bonds is 6. The van der Waals surface area contributed by atoms with Crippen molar-refractivity contribution in [2.45, 2.75) is 24.8 Å². The van der Waals surface area contributed by atoms with Crippen molar-refractivity contribution in [1.82, 2.24) is 10.3 Å². The number of esters is 1. The maximum Gasteiger partial charge on any atom is 0.328 e. The van der Waals surface area contributed by atoms with Gasteiger partial charge in [0.05, 0.1) is 7.11 Å². The van der Waals surface area contributed by atoms with Crippen LogP contribution in [0.3, 0.4) is 0 Å². The number of aromatic amines is 1. The Labute approximate surface area is 161 Å². The van der Waals surface area contributed by atoms with Gasteiger partial charge in [-0.05, 0) is 41.7 Å². The Kier molecular flexibility index (Phi) is 4.86.